The molecule has 13 rings (SSSR count). The first kappa shape index (κ1) is 30.9. The summed E-state index contributed by atoms with van der Waals surface area (Å²) >= 11 is 0. The number of para-hydroxylation sites is 3. The van der Waals surface area contributed by atoms with E-state index in [4.69, 9.17) is 0 Å². The van der Waals surface area contributed by atoms with E-state index >= 15 is 0 Å². The third-order valence-corrected chi connectivity index (χ3v) is 12.7. The molecule has 1 aliphatic rings. The molecule has 2 heterocycles. The number of benzene rings is 10. The molecule has 0 bridgehead atoms. The van der Waals surface area contributed by atoms with Crippen molar-refractivity contribution in [2.24, 2.45) is 0 Å². The van der Waals surface area contributed by atoms with E-state index in [9.17, 15) is 0 Å². The highest BCUT2D eigenvalue weighted by Gasteiger charge is 2.25. The van der Waals surface area contributed by atoms with Gasteiger partial charge in [-0.05, 0) is 127 Å². The molecule has 0 aliphatic heterocycles. The summed E-state index contributed by atoms with van der Waals surface area (Å²) in [6, 6.07) is 72.3. The summed E-state index contributed by atoms with van der Waals surface area (Å²) in [4.78, 5) is 0. The minimum Gasteiger partial charge on any atom is -0.309 e. The van der Waals surface area contributed by atoms with Crippen molar-refractivity contribution in [2.75, 3.05) is 0 Å². The average molecular weight is 723 g/mol. The van der Waals surface area contributed by atoms with Crippen molar-refractivity contribution in [3.63, 3.8) is 0 Å². The molecule has 0 radical (unpaired) electrons. The molecule has 264 valence electrons. The van der Waals surface area contributed by atoms with E-state index in [-0.39, 0.29) is 0 Å². The molecule has 0 amide bonds. The van der Waals surface area contributed by atoms with Crippen LogP contribution in [-0.4, -0.2) is 9.13 Å². The van der Waals surface area contributed by atoms with Crippen molar-refractivity contribution in [3.05, 3.63) is 205 Å². The lowest BCUT2D eigenvalue weighted by Crippen LogP contribution is -1.98. The summed E-state index contributed by atoms with van der Waals surface area (Å²) in [6.45, 7) is 0. The second-order valence-corrected chi connectivity index (χ2v) is 15.6. The Kier molecular flexibility index (Phi) is 6.25. The first-order valence-electron chi connectivity index (χ1n) is 19.9. The zero-order valence-electron chi connectivity index (χ0n) is 31.1. The number of hydrogen-bond donors (Lipinski definition) is 0. The van der Waals surface area contributed by atoms with Crippen LogP contribution in [0.1, 0.15) is 11.1 Å². The molecular formula is C55H34N2. The summed E-state index contributed by atoms with van der Waals surface area (Å²) in [7, 11) is 0. The second kappa shape index (κ2) is 11.6. The van der Waals surface area contributed by atoms with Crippen LogP contribution >= 0.6 is 0 Å². The minimum absolute atomic E-state index is 0.921. The van der Waals surface area contributed by atoms with Gasteiger partial charge in [0.15, 0.2) is 0 Å². The summed E-state index contributed by atoms with van der Waals surface area (Å²) in [6.07, 6.45) is 0.921. The molecule has 10 aromatic carbocycles. The summed E-state index contributed by atoms with van der Waals surface area (Å²) in [5.74, 6) is 0. The van der Waals surface area contributed by atoms with Crippen molar-refractivity contribution < 1.29 is 0 Å². The largest absolute Gasteiger partial charge is 0.309 e. The van der Waals surface area contributed by atoms with Crippen LogP contribution in [0.15, 0.2) is 194 Å². The van der Waals surface area contributed by atoms with Gasteiger partial charge in [0.05, 0.1) is 22.1 Å². The summed E-state index contributed by atoms with van der Waals surface area (Å²) in [5.41, 5.74) is 15.2. The van der Waals surface area contributed by atoms with Gasteiger partial charge in [-0.25, -0.2) is 0 Å². The van der Waals surface area contributed by atoms with Crippen molar-refractivity contribution in [3.8, 4) is 33.6 Å². The van der Waals surface area contributed by atoms with Crippen LogP contribution in [0.5, 0.6) is 0 Å². The van der Waals surface area contributed by atoms with Crippen LogP contribution in [0.25, 0.3) is 110 Å². The van der Waals surface area contributed by atoms with Gasteiger partial charge in [0.25, 0.3) is 0 Å². The fraction of sp³-hybridized carbons (Fsp3) is 0.0182. The minimum atomic E-state index is 0.921. The van der Waals surface area contributed by atoms with Crippen molar-refractivity contribution >= 4 is 75.9 Å². The van der Waals surface area contributed by atoms with Gasteiger partial charge in [0, 0.05) is 32.9 Å². The van der Waals surface area contributed by atoms with Gasteiger partial charge in [-0.15, -0.1) is 0 Å². The zero-order chi connectivity index (χ0) is 37.2. The van der Waals surface area contributed by atoms with E-state index in [2.05, 4.69) is 203 Å². The highest BCUT2D eigenvalue weighted by Crippen LogP contribution is 2.47. The molecule has 0 fully saturated rings. The number of hydrogen-bond acceptors (Lipinski definition) is 0. The van der Waals surface area contributed by atoms with Gasteiger partial charge in [0.1, 0.15) is 0 Å². The maximum absolute atomic E-state index is 2.52. The predicted molar refractivity (Wildman–Crippen MR) is 241 cm³/mol. The standard InChI is InChI=1S/C55H34N2/c1-2-15-36(16-3-1)56-52-24-12-10-22-44(52)50-33-55-51(32-54(50)56)45-23-11-13-25-53(45)57(55)37-30-46(48-28-34-14-4-5-17-38(34)49(48)31-37)35-26-27-43-41-20-7-6-18-39(41)40-19-8-9-21-42(40)47(43)29-35/h1-27,29-33H,28H2. The first-order valence-corrected chi connectivity index (χ1v) is 19.9. The van der Waals surface area contributed by atoms with Gasteiger partial charge in [0.2, 0.25) is 0 Å². The molecule has 57 heavy (non-hydrogen) atoms. The SMILES string of the molecule is c1ccc(-n2c3ccccc3c3cc4c(cc32)c2ccccc2n4-c2cc(-c3ccc4c5ccccc5c5ccccc5c4c3)c3c(c2)-c2ccccc2C3)cc1. The van der Waals surface area contributed by atoms with Crippen LogP contribution in [0.2, 0.25) is 0 Å². The van der Waals surface area contributed by atoms with E-state index in [1.54, 1.807) is 0 Å². The molecule has 0 spiro atoms. The van der Waals surface area contributed by atoms with Crippen LogP contribution in [0.4, 0.5) is 0 Å². The monoisotopic (exact) mass is 722 g/mol. The van der Waals surface area contributed by atoms with Crippen LogP contribution < -0.4 is 0 Å². The molecule has 0 atom stereocenters. The fourth-order valence-electron chi connectivity index (χ4n) is 10.2. The van der Waals surface area contributed by atoms with Crippen LogP contribution in [0.3, 0.4) is 0 Å². The molecule has 2 heteroatoms. The maximum atomic E-state index is 2.52. The van der Waals surface area contributed by atoms with E-state index in [0.29, 0.717) is 0 Å². The first-order chi connectivity index (χ1) is 28.3. The molecule has 12 aromatic rings. The Morgan fingerprint density at radius 1 is 0.281 bits per heavy atom. The number of aromatic nitrogens is 2. The van der Waals surface area contributed by atoms with Crippen molar-refractivity contribution in [2.45, 2.75) is 6.42 Å². The Morgan fingerprint density at radius 2 is 0.772 bits per heavy atom. The Morgan fingerprint density at radius 3 is 1.42 bits per heavy atom. The van der Waals surface area contributed by atoms with E-state index in [1.165, 1.54) is 121 Å². The molecule has 2 nitrogen and oxygen atoms in total. The Balaban J connectivity index is 1.12. The topological polar surface area (TPSA) is 9.86 Å². The highest BCUT2D eigenvalue weighted by atomic mass is 15.0. The van der Waals surface area contributed by atoms with Crippen molar-refractivity contribution in [1.29, 1.82) is 0 Å². The van der Waals surface area contributed by atoms with E-state index in [0.717, 1.165) is 6.42 Å². The molecule has 1 aliphatic carbocycles. The number of fused-ring (bicyclic) bond motifs is 15. The lowest BCUT2D eigenvalue weighted by atomic mass is 9.90. The Labute approximate surface area is 329 Å². The number of rotatable bonds is 3. The Hall–Kier alpha value is -7.42. The van der Waals surface area contributed by atoms with Gasteiger partial charge in [-0.1, -0.05) is 140 Å². The quantitative estimate of drug-likeness (QED) is 0.161. The van der Waals surface area contributed by atoms with E-state index in [1.807, 2.05) is 0 Å². The summed E-state index contributed by atoms with van der Waals surface area (Å²) < 4.78 is 4.95. The molecule has 2 aromatic heterocycles. The fourth-order valence-corrected chi connectivity index (χ4v) is 10.2. The third kappa shape index (κ3) is 4.30. The molecular weight excluding hydrogens is 689 g/mol. The lowest BCUT2D eigenvalue weighted by molar-refractivity contribution is 1.17. The average Bonchev–Trinajstić information content (AvgIpc) is 3.93. The van der Waals surface area contributed by atoms with Gasteiger partial charge in [-0.3, -0.25) is 0 Å². The van der Waals surface area contributed by atoms with Gasteiger partial charge in [-0.2, -0.15) is 0 Å². The van der Waals surface area contributed by atoms with Crippen molar-refractivity contribution in [1.82, 2.24) is 9.13 Å². The molecule has 0 saturated carbocycles. The third-order valence-electron chi connectivity index (χ3n) is 12.7. The molecule has 0 N–H and O–H groups in total. The van der Waals surface area contributed by atoms with E-state index < -0.39 is 0 Å². The lowest BCUT2D eigenvalue weighted by Gasteiger charge is -2.17. The van der Waals surface area contributed by atoms with Gasteiger partial charge < -0.3 is 9.13 Å². The predicted octanol–water partition coefficient (Wildman–Crippen LogP) is 14.6. The molecule has 0 saturated heterocycles. The number of nitrogens with zero attached hydrogens (tertiary/aromatic N) is 2. The summed E-state index contributed by atoms with van der Waals surface area (Å²) in [5, 5.41) is 12.8. The molecule has 0 unspecified atom stereocenters. The smallest absolute Gasteiger partial charge is 0.0548 e. The Bertz CT molecular complexity index is 3620. The second-order valence-electron chi connectivity index (χ2n) is 15.6. The van der Waals surface area contributed by atoms with Gasteiger partial charge >= 0.3 is 0 Å². The maximum Gasteiger partial charge on any atom is 0.0548 e. The van der Waals surface area contributed by atoms with Crippen LogP contribution in [0, 0.1) is 0 Å². The highest BCUT2D eigenvalue weighted by molar-refractivity contribution is 6.26. The zero-order valence-corrected chi connectivity index (χ0v) is 31.1. The van der Waals surface area contributed by atoms with Crippen LogP contribution in [-0.2, 0) is 6.42 Å². The normalized spacial score (nSPS) is 12.5.